The van der Waals surface area contributed by atoms with Crippen LogP contribution in [0.2, 0.25) is 0 Å². The molecular weight excluding hydrogens is 308 g/mol. The van der Waals surface area contributed by atoms with E-state index in [4.69, 9.17) is 0 Å². The first kappa shape index (κ1) is 14.9. The molecule has 24 heavy (non-hydrogen) atoms. The van der Waals surface area contributed by atoms with E-state index in [1.807, 2.05) is 25.1 Å². The van der Waals surface area contributed by atoms with Gasteiger partial charge in [-0.05, 0) is 30.9 Å². The number of nitrogens with one attached hydrogen (secondary N) is 1. The Labute approximate surface area is 138 Å². The molecule has 7 heteroatoms. The van der Waals surface area contributed by atoms with Gasteiger partial charge in [-0.15, -0.1) is 0 Å². The molecule has 124 valence electrons. The van der Waals surface area contributed by atoms with Gasteiger partial charge in [-0.2, -0.15) is 5.10 Å². The third kappa shape index (κ3) is 2.04. The van der Waals surface area contributed by atoms with E-state index >= 15 is 0 Å². The number of carbonyl (C=O) groups is 1. The Hall–Kier alpha value is -2.70. The minimum Gasteiger partial charge on any atom is -0.306 e. The second-order valence-electron chi connectivity index (χ2n) is 6.60. The van der Waals surface area contributed by atoms with E-state index in [1.165, 1.54) is 5.56 Å². The topological polar surface area (TPSA) is 92.1 Å². The fourth-order valence-corrected chi connectivity index (χ4v) is 3.66. The number of hydrogen-bond acceptors (Lipinski definition) is 4. The van der Waals surface area contributed by atoms with Crippen molar-refractivity contribution in [1.29, 1.82) is 0 Å². The van der Waals surface area contributed by atoms with Crippen LogP contribution in [-0.4, -0.2) is 27.6 Å². The molecule has 2 aromatic rings. The summed E-state index contributed by atoms with van der Waals surface area (Å²) in [6.07, 6.45) is 3.35. The standard InChI is InChI=1S/C17H18N4O3/c1-2-5-12-15(21(23)24)14(19-18-12)16(22)20-10-17(8-9-17)11-6-3-4-7-13(11)20/h3-4,6-7H,2,5,8-10H2,1H3,(H,18,19). The molecule has 0 unspecified atom stereocenters. The summed E-state index contributed by atoms with van der Waals surface area (Å²) < 4.78 is 0. The fourth-order valence-electron chi connectivity index (χ4n) is 3.66. The molecule has 1 aromatic heterocycles. The van der Waals surface area contributed by atoms with Gasteiger partial charge in [-0.1, -0.05) is 31.5 Å². The smallest absolute Gasteiger partial charge is 0.306 e. The second-order valence-corrected chi connectivity index (χ2v) is 6.60. The van der Waals surface area contributed by atoms with E-state index in [2.05, 4.69) is 16.3 Å². The van der Waals surface area contributed by atoms with Gasteiger partial charge in [0.25, 0.3) is 5.91 Å². The number of fused-ring (bicyclic) bond motifs is 2. The first-order valence-electron chi connectivity index (χ1n) is 8.20. The van der Waals surface area contributed by atoms with E-state index in [9.17, 15) is 14.9 Å². The van der Waals surface area contributed by atoms with Crippen LogP contribution in [0.3, 0.4) is 0 Å². The quantitative estimate of drug-likeness (QED) is 0.690. The Morgan fingerprint density at radius 2 is 2.17 bits per heavy atom. The van der Waals surface area contributed by atoms with E-state index in [-0.39, 0.29) is 16.8 Å². The Morgan fingerprint density at radius 3 is 2.83 bits per heavy atom. The molecule has 7 nitrogen and oxygen atoms in total. The van der Waals surface area contributed by atoms with Crippen molar-refractivity contribution in [1.82, 2.24) is 10.2 Å². The zero-order chi connectivity index (χ0) is 16.9. The molecule has 1 amide bonds. The van der Waals surface area contributed by atoms with Gasteiger partial charge >= 0.3 is 5.69 Å². The minimum atomic E-state index is -0.503. The van der Waals surface area contributed by atoms with Crippen molar-refractivity contribution in [2.24, 2.45) is 0 Å². The van der Waals surface area contributed by atoms with Gasteiger partial charge in [-0.3, -0.25) is 20.0 Å². The Kier molecular flexibility index (Phi) is 3.19. The molecule has 4 rings (SSSR count). The van der Waals surface area contributed by atoms with Crippen LogP contribution in [0.15, 0.2) is 24.3 Å². The SMILES string of the molecule is CCCc1[nH]nc(C(=O)N2CC3(CC3)c3ccccc32)c1[N+](=O)[O-]. The maximum absolute atomic E-state index is 13.0. The predicted octanol–water partition coefficient (Wildman–Crippen LogP) is 2.96. The van der Waals surface area contributed by atoms with Crippen molar-refractivity contribution in [3.63, 3.8) is 0 Å². The van der Waals surface area contributed by atoms with E-state index in [0.717, 1.165) is 24.9 Å². The molecule has 0 atom stereocenters. The number of nitro groups is 1. The molecule has 1 fully saturated rings. The molecule has 1 aromatic carbocycles. The Bertz CT molecular complexity index is 838. The van der Waals surface area contributed by atoms with Gasteiger partial charge in [0.05, 0.1) is 4.92 Å². The number of para-hydroxylation sites is 1. The van der Waals surface area contributed by atoms with Crippen LogP contribution in [0, 0.1) is 10.1 Å². The molecule has 1 saturated carbocycles. The molecule has 2 aliphatic rings. The third-order valence-electron chi connectivity index (χ3n) is 5.02. The first-order chi connectivity index (χ1) is 11.6. The van der Waals surface area contributed by atoms with E-state index < -0.39 is 10.8 Å². The van der Waals surface area contributed by atoms with Crippen LogP contribution >= 0.6 is 0 Å². The number of nitrogens with zero attached hydrogens (tertiary/aromatic N) is 3. The summed E-state index contributed by atoms with van der Waals surface area (Å²) in [6.45, 7) is 2.51. The number of aromatic amines is 1. The number of amides is 1. The van der Waals surface area contributed by atoms with E-state index in [1.54, 1.807) is 4.90 Å². The van der Waals surface area contributed by atoms with Crippen LogP contribution < -0.4 is 4.90 Å². The third-order valence-corrected chi connectivity index (χ3v) is 5.02. The molecule has 0 bridgehead atoms. The molecule has 0 radical (unpaired) electrons. The van der Waals surface area contributed by atoms with Crippen molar-refractivity contribution in [3.8, 4) is 0 Å². The highest BCUT2D eigenvalue weighted by Crippen LogP contribution is 2.56. The molecule has 2 heterocycles. The van der Waals surface area contributed by atoms with Gasteiger partial charge in [0, 0.05) is 17.6 Å². The molecule has 1 aliphatic carbocycles. The molecule has 0 saturated heterocycles. The number of aryl methyl sites for hydroxylation is 1. The van der Waals surface area contributed by atoms with Crippen LogP contribution in [0.25, 0.3) is 0 Å². The molecule has 1 aliphatic heterocycles. The number of benzene rings is 1. The highest BCUT2D eigenvalue weighted by molar-refractivity contribution is 6.09. The first-order valence-corrected chi connectivity index (χ1v) is 8.20. The van der Waals surface area contributed by atoms with Gasteiger partial charge in [0.1, 0.15) is 5.69 Å². The fraction of sp³-hybridized carbons (Fsp3) is 0.412. The van der Waals surface area contributed by atoms with Crippen molar-refractivity contribution in [2.45, 2.75) is 38.0 Å². The highest BCUT2D eigenvalue weighted by atomic mass is 16.6. The summed E-state index contributed by atoms with van der Waals surface area (Å²) in [5.41, 5.74) is 2.22. The van der Waals surface area contributed by atoms with Crippen LogP contribution in [-0.2, 0) is 11.8 Å². The van der Waals surface area contributed by atoms with Gasteiger partial charge in [0.2, 0.25) is 5.69 Å². The number of H-pyrrole nitrogens is 1. The lowest BCUT2D eigenvalue weighted by molar-refractivity contribution is -0.385. The van der Waals surface area contributed by atoms with Gasteiger partial charge < -0.3 is 4.90 Å². The maximum Gasteiger partial charge on any atom is 0.322 e. The monoisotopic (exact) mass is 326 g/mol. The number of anilines is 1. The Morgan fingerprint density at radius 1 is 1.42 bits per heavy atom. The highest BCUT2D eigenvalue weighted by Gasteiger charge is 2.53. The zero-order valence-electron chi connectivity index (χ0n) is 13.4. The average Bonchev–Trinajstić information content (AvgIpc) is 3.10. The zero-order valence-corrected chi connectivity index (χ0v) is 13.4. The van der Waals surface area contributed by atoms with Gasteiger partial charge in [-0.25, -0.2) is 0 Å². The van der Waals surface area contributed by atoms with Crippen LogP contribution in [0.4, 0.5) is 11.4 Å². The molecule has 1 N–H and O–H groups in total. The predicted molar refractivity (Wildman–Crippen MR) is 88.3 cm³/mol. The maximum atomic E-state index is 13.0. The number of rotatable bonds is 4. The van der Waals surface area contributed by atoms with Gasteiger partial charge in [0.15, 0.2) is 0 Å². The summed E-state index contributed by atoms with van der Waals surface area (Å²) in [7, 11) is 0. The lowest BCUT2D eigenvalue weighted by Gasteiger charge is -2.16. The summed E-state index contributed by atoms with van der Waals surface area (Å²) in [5, 5.41) is 18.1. The second kappa shape index (κ2) is 5.15. The Balaban J connectivity index is 1.74. The summed E-state index contributed by atoms with van der Waals surface area (Å²) in [5.74, 6) is -0.392. The van der Waals surface area contributed by atoms with Crippen molar-refractivity contribution >= 4 is 17.3 Å². The lowest BCUT2D eigenvalue weighted by Crippen LogP contribution is -2.32. The summed E-state index contributed by atoms with van der Waals surface area (Å²) >= 11 is 0. The summed E-state index contributed by atoms with van der Waals surface area (Å²) in [4.78, 5) is 25.6. The van der Waals surface area contributed by atoms with Crippen molar-refractivity contribution < 1.29 is 9.72 Å². The summed E-state index contributed by atoms with van der Waals surface area (Å²) in [6, 6.07) is 7.83. The van der Waals surface area contributed by atoms with Crippen LogP contribution in [0.1, 0.15) is 47.9 Å². The number of hydrogen-bond donors (Lipinski definition) is 1. The minimum absolute atomic E-state index is 0.0452. The van der Waals surface area contributed by atoms with Crippen LogP contribution in [0.5, 0.6) is 0 Å². The number of aromatic nitrogens is 2. The largest absolute Gasteiger partial charge is 0.322 e. The molecule has 1 spiro atoms. The van der Waals surface area contributed by atoms with Crippen molar-refractivity contribution in [3.05, 3.63) is 51.3 Å². The average molecular weight is 326 g/mol. The van der Waals surface area contributed by atoms with E-state index in [0.29, 0.717) is 18.7 Å². The number of carbonyl (C=O) groups excluding carboxylic acids is 1. The molecular formula is C17H18N4O3. The normalized spacial score (nSPS) is 17.1. The lowest BCUT2D eigenvalue weighted by atomic mass is 9.99. The van der Waals surface area contributed by atoms with Crippen molar-refractivity contribution in [2.75, 3.05) is 11.4 Å².